The number of nitrogens with zero attached hydrogens (tertiary/aromatic N) is 1. The van der Waals surface area contributed by atoms with Gasteiger partial charge in [0.2, 0.25) is 0 Å². The lowest BCUT2D eigenvalue weighted by Crippen LogP contribution is -2.26. The average Bonchev–Trinajstić information content (AvgIpc) is 2.44. The first kappa shape index (κ1) is 15.6. The Kier molecular flexibility index (Phi) is 4.73. The van der Waals surface area contributed by atoms with E-state index in [-0.39, 0.29) is 17.3 Å². The van der Waals surface area contributed by atoms with Gasteiger partial charge in [0.05, 0.1) is 12.2 Å². The molecule has 1 atom stereocenters. The Bertz CT molecular complexity index is 602. The number of aromatic nitrogens is 1. The van der Waals surface area contributed by atoms with Gasteiger partial charge in [0, 0.05) is 6.20 Å². The first-order valence-corrected chi connectivity index (χ1v) is 7.36. The van der Waals surface area contributed by atoms with Gasteiger partial charge in [0.15, 0.2) is 0 Å². The summed E-state index contributed by atoms with van der Waals surface area (Å²) in [4.78, 5) is 3.99. The molecule has 0 spiro atoms. The second-order valence-electron chi connectivity index (χ2n) is 6.26. The summed E-state index contributed by atoms with van der Waals surface area (Å²) >= 11 is 0. The predicted octanol–water partition coefficient (Wildman–Crippen LogP) is 4.22. The monoisotopic (exact) mass is 286 g/mol. The molecule has 1 aromatic carbocycles. The molecule has 0 bridgehead atoms. The van der Waals surface area contributed by atoms with Crippen LogP contribution in [-0.4, -0.2) is 11.5 Å². The smallest absolute Gasteiger partial charge is 0.141 e. The van der Waals surface area contributed by atoms with E-state index in [1.807, 2.05) is 6.07 Å². The molecule has 2 aromatic rings. The molecule has 0 saturated carbocycles. The van der Waals surface area contributed by atoms with Crippen LogP contribution in [0.25, 0.3) is 0 Å². The van der Waals surface area contributed by atoms with Gasteiger partial charge in [-0.05, 0) is 34.7 Å². The summed E-state index contributed by atoms with van der Waals surface area (Å²) in [6, 6.07) is 9.84. The molecule has 1 N–H and O–H groups in total. The van der Waals surface area contributed by atoms with Gasteiger partial charge in [0.25, 0.3) is 0 Å². The van der Waals surface area contributed by atoms with Crippen molar-refractivity contribution in [1.82, 2.24) is 10.3 Å². The lowest BCUT2D eigenvalue weighted by atomic mass is 9.80. The van der Waals surface area contributed by atoms with E-state index >= 15 is 0 Å². The molecule has 0 aliphatic heterocycles. The van der Waals surface area contributed by atoms with Crippen LogP contribution >= 0.6 is 0 Å². The van der Waals surface area contributed by atoms with E-state index in [0.717, 1.165) is 12.1 Å². The van der Waals surface area contributed by atoms with Crippen molar-refractivity contribution in [3.8, 4) is 0 Å². The molecule has 112 valence electrons. The maximum Gasteiger partial charge on any atom is 0.141 e. The van der Waals surface area contributed by atoms with Crippen molar-refractivity contribution in [3.63, 3.8) is 0 Å². The highest BCUT2D eigenvalue weighted by Gasteiger charge is 2.23. The molecular formula is C18H23FN2. The second kappa shape index (κ2) is 6.35. The zero-order valence-electron chi connectivity index (χ0n) is 13.2. The van der Waals surface area contributed by atoms with E-state index in [0.29, 0.717) is 0 Å². The van der Waals surface area contributed by atoms with Gasteiger partial charge in [0.1, 0.15) is 5.82 Å². The summed E-state index contributed by atoms with van der Waals surface area (Å²) in [6.07, 6.45) is 2.97. The fourth-order valence-corrected chi connectivity index (χ4v) is 2.63. The first-order chi connectivity index (χ1) is 9.93. The fraction of sp³-hybridized carbons (Fsp3) is 0.389. The quantitative estimate of drug-likeness (QED) is 0.910. The van der Waals surface area contributed by atoms with Crippen LogP contribution in [0.3, 0.4) is 0 Å². The fourth-order valence-electron chi connectivity index (χ4n) is 2.63. The summed E-state index contributed by atoms with van der Waals surface area (Å²) in [7, 11) is 0. The van der Waals surface area contributed by atoms with Crippen LogP contribution in [0.2, 0.25) is 0 Å². The predicted molar refractivity (Wildman–Crippen MR) is 84.9 cm³/mol. The van der Waals surface area contributed by atoms with Crippen molar-refractivity contribution < 1.29 is 4.39 Å². The van der Waals surface area contributed by atoms with Crippen molar-refractivity contribution in [3.05, 3.63) is 65.2 Å². The number of hydrogen-bond donors (Lipinski definition) is 1. The Morgan fingerprint density at radius 3 is 2.52 bits per heavy atom. The van der Waals surface area contributed by atoms with Crippen LogP contribution in [0.4, 0.5) is 4.39 Å². The van der Waals surface area contributed by atoms with Crippen molar-refractivity contribution in [1.29, 1.82) is 0 Å². The molecule has 3 heteroatoms. The minimum Gasteiger partial charge on any atom is -0.306 e. The van der Waals surface area contributed by atoms with Crippen molar-refractivity contribution in [2.75, 3.05) is 6.54 Å². The highest BCUT2D eigenvalue weighted by molar-refractivity contribution is 5.40. The molecule has 0 fully saturated rings. The van der Waals surface area contributed by atoms with Crippen molar-refractivity contribution in [2.24, 2.45) is 0 Å². The van der Waals surface area contributed by atoms with Gasteiger partial charge in [-0.2, -0.15) is 0 Å². The van der Waals surface area contributed by atoms with E-state index < -0.39 is 0 Å². The van der Waals surface area contributed by atoms with Gasteiger partial charge < -0.3 is 5.32 Å². The molecule has 0 radical (unpaired) electrons. The van der Waals surface area contributed by atoms with E-state index in [1.54, 1.807) is 12.3 Å². The van der Waals surface area contributed by atoms with E-state index in [1.165, 1.54) is 17.3 Å². The lowest BCUT2D eigenvalue weighted by molar-refractivity contribution is 0.553. The standard InChI is InChI=1S/C18H23FN2/c1-5-21-17(13-10-14(19)12-20-11-13)15-8-6-7-9-16(15)18(2,3)4/h6-12,17,21H,5H2,1-4H3. The Labute approximate surface area is 126 Å². The van der Waals surface area contributed by atoms with Gasteiger partial charge in [-0.3, -0.25) is 4.98 Å². The molecule has 0 saturated heterocycles. The van der Waals surface area contributed by atoms with Crippen LogP contribution in [0, 0.1) is 5.82 Å². The summed E-state index contributed by atoms with van der Waals surface area (Å²) in [5.74, 6) is -0.302. The molecule has 1 unspecified atom stereocenters. The Morgan fingerprint density at radius 2 is 1.90 bits per heavy atom. The third kappa shape index (κ3) is 3.67. The molecule has 21 heavy (non-hydrogen) atoms. The van der Waals surface area contributed by atoms with Crippen LogP contribution in [0.15, 0.2) is 42.7 Å². The number of nitrogens with one attached hydrogen (secondary N) is 1. The molecule has 1 heterocycles. The Hall–Kier alpha value is -1.74. The molecule has 2 nitrogen and oxygen atoms in total. The number of pyridine rings is 1. The van der Waals surface area contributed by atoms with E-state index in [2.05, 4.69) is 56.2 Å². The highest BCUT2D eigenvalue weighted by Crippen LogP contribution is 2.32. The normalized spacial score (nSPS) is 13.2. The number of hydrogen-bond acceptors (Lipinski definition) is 2. The van der Waals surface area contributed by atoms with E-state index in [4.69, 9.17) is 0 Å². The molecule has 0 aliphatic carbocycles. The largest absolute Gasteiger partial charge is 0.306 e. The number of rotatable bonds is 4. The van der Waals surface area contributed by atoms with Crippen LogP contribution in [0.1, 0.15) is 50.4 Å². The van der Waals surface area contributed by atoms with Gasteiger partial charge in [-0.15, -0.1) is 0 Å². The maximum atomic E-state index is 13.5. The lowest BCUT2D eigenvalue weighted by Gasteiger charge is -2.28. The van der Waals surface area contributed by atoms with Gasteiger partial charge >= 0.3 is 0 Å². The average molecular weight is 286 g/mol. The van der Waals surface area contributed by atoms with Gasteiger partial charge in [-0.1, -0.05) is 52.0 Å². The van der Waals surface area contributed by atoms with Gasteiger partial charge in [-0.25, -0.2) is 4.39 Å². The molecule has 0 aliphatic rings. The van der Waals surface area contributed by atoms with Crippen LogP contribution in [0.5, 0.6) is 0 Å². The number of halogens is 1. The molecule has 0 amide bonds. The SMILES string of the molecule is CCNC(c1cncc(F)c1)c1ccccc1C(C)(C)C. The third-order valence-corrected chi connectivity index (χ3v) is 3.55. The molecule has 2 rings (SSSR count). The van der Waals surface area contributed by atoms with Crippen molar-refractivity contribution in [2.45, 2.75) is 39.2 Å². The zero-order valence-corrected chi connectivity index (χ0v) is 13.2. The zero-order chi connectivity index (χ0) is 15.5. The topological polar surface area (TPSA) is 24.9 Å². The highest BCUT2D eigenvalue weighted by atomic mass is 19.1. The van der Waals surface area contributed by atoms with E-state index in [9.17, 15) is 4.39 Å². The summed E-state index contributed by atoms with van der Waals surface area (Å²) in [6.45, 7) is 9.44. The number of benzene rings is 1. The minimum absolute atomic E-state index is 0.0328. The molecular weight excluding hydrogens is 263 g/mol. The van der Waals surface area contributed by atoms with Crippen molar-refractivity contribution >= 4 is 0 Å². The minimum atomic E-state index is -0.302. The Balaban J connectivity index is 2.54. The van der Waals surface area contributed by atoms with Crippen LogP contribution in [-0.2, 0) is 5.41 Å². The summed E-state index contributed by atoms with van der Waals surface area (Å²) < 4.78 is 13.5. The summed E-state index contributed by atoms with van der Waals surface area (Å²) in [5, 5.41) is 3.45. The molecule has 1 aromatic heterocycles. The van der Waals surface area contributed by atoms with Crippen LogP contribution < -0.4 is 5.32 Å². The first-order valence-electron chi connectivity index (χ1n) is 7.36. The summed E-state index contributed by atoms with van der Waals surface area (Å²) in [5.41, 5.74) is 3.33. The maximum absolute atomic E-state index is 13.5. The Morgan fingerprint density at radius 1 is 1.19 bits per heavy atom. The third-order valence-electron chi connectivity index (χ3n) is 3.55. The second-order valence-corrected chi connectivity index (χ2v) is 6.26.